The van der Waals surface area contributed by atoms with Gasteiger partial charge in [-0.25, -0.2) is 9.18 Å². The van der Waals surface area contributed by atoms with Gasteiger partial charge in [0.2, 0.25) is 0 Å². The number of aromatic nitrogens is 3. The zero-order valence-electron chi connectivity index (χ0n) is 24.2. The summed E-state index contributed by atoms with van der Waals surface area (Å²) in [4.78, 5) is 24.7. The number of nitrogens with zero attached hydrogens (tertiary/aromatic N) is 3. The van der Waals surface area contributed by atoms with Gasteiger partial charge in [-0.05, 0) is 72.0 Å². The maximum absolute atomic E-state index is 14.5. The fourth-order valence-corrected chi connectivity index (χ4v) is 5.11. The molecule has 0 radical (unpaired) electrons. The van der Waals surface area contributed by atoms with Gasteiger partial charge >= 0.3 is 17.8 Å². The third kappa shape index (κ3) is 7.31. The van der Waals surface area contributed by atoms with E-state index in [9.17, 15) is 32.3 Å². The van der Waals surface area contributed by atoms with Crippen molar-refractivity contribution in [3.63, 3.8) is 0 Å². The summed E-state index contributed by atoms with van der Waals surface area (Å²) in [5.41, 5.74) is 2.37. The maximum Gasteiger partial charge on any atom is 0.416 e. The van der Waals surface area contributed by atoms with E-state index in [0.29, 0.717) is 36.4 Å². The summed E-state index contributed by atoms with van der Waals surface area (Å²) in [6.07, 6.45) is -3.10. The maximum atomic E-state index is 14.5. The predicted molar refractivity (Wildman–Crippen MR) is 160 cm³/mol. The molecular weight excluding hydrogens is 590 g/mol. The fourth-order valence-electron chi connectivity index (χ4n) is 5.11. The van der Waals surface area contributed by atoms with Gasteiger partial charge in [-0.3, -0.25) is 9.36 Å². The Hall–Kier alpha value is -5.19. The molecule has 5 aromatic rings. The van der Waals surface area contributed by atoms with E-state index >= 15 is 0 Å². The molecule has 0 unspecified atom stereocenters. The molecule has 0 saturated heterocycles. The molecule has 0 aliphatic carbocycles. The molecule has 1 N–H and O–H groups in total. The van der Waals surface area contributed by atoms with E-state index in [2.05, 4.69) is 5.10 Å². The van der Waals surface area contributed by atoms with Crippen LogP contribution in [0.4, 0.5) is 17.6 Å². The Balaban J connectivity index is 1.35. The van der Waals surface area contributed by atoms with Crippen molar-refractivity contribution >= 4 is 5.97 Å². The molecule has 0 saturated carbocycles. The van der Waals surface area contributed by atoms with Crippen LogP contribution in [0.15, 0.2) is 95.8 Å². The lowest BCUT2D eigenvalue weighted by molar-refractivity contribution is -0.138. The number of carboxylic acids is 1. The van der Waals surface area contributed by atoms with Crippen molar-refractivity contribution in [3.8, 4) is 22.6 Å². The van der Waals surface area contributed by atoms with Gasteiger partial charge in [0.15, 0.2) is 0 Å². The molecule has 0 spiro atoms. The number of hydrogen-bond acceptors (Lipinski definition) is 4. The third-order valence-electron chi connectivity index (χ3n) is 7.44. The van der Waals surface area contributed by atoms with Crippen LogP contribution in [0.25, 0.3) is 16.8 Å². The second kappa shape index (κ2) is 13.2. The van der Waals surface area contributed by atoms with E-state index in [1.165, 1.54) is 29.9 Å². The molecule has 1 heterocycles. The molecule has 0 bridgehead atoms. The Morgan fingerprint density at radius 2 is 1.58 bits per heavy atom. The Morgan fingerprint density at radius 1 is 0.889 bits per heavy atom. The van der Waals surface area contributed by atoms with Crippen LogP contribution in [0.1, 0.15) is 34.5 Å². The van der Waals surface area contributed by atoms with Crippen LogP contribution in [-0.2, 0) is 36.8 Å². The van der Waals surface area contributed by atoms with Crippen LogP contribution < -0.4 is 10.4 Å². The summed E-state index contributed by atoms with van der Waals surface area (Å²) in [5.74, 6) is -0.551. The molecule has 0 atom stereocenters. The second-order valence-electron chi connectivity index (χ2n) is 10.5. The van der Waals surface area contributed by atoms with Crippen LogP contribution in [0, 0.1) is 5.82 Å². The number of ether oxygens (including phenoxy) is 1. The molecule has 4 aromatic carbocycles. The zero-order valence-corrected chi connectivity index (χ0v) is 24.2. The molecule has 45 heavy (non-hydrogen) atoms. The Bertz CT molecular complexity index is 1860. The van der Waals surface area contributed by atoms with Gasteiger partial charge in [0.1, 0.15) is 17.4 Å². The number of benzene rings is 4. The first-order valence-electron chi connectivity index (χ1n) is 14.1. The van der Waals surface area contributed by atoms with Crippen LogP contribution in [0.5, 0.6) is 5.75 Å². The highest BCUT2D eigenvalue weighted by Gasteiger charge is 2.30. The summed E-state index contributed by atoms with van der Waals surface area (Å²) in [5, 5.41) is 13.7. The topological polar surface area (TPSA) is 86.4 Å². The minimum atomic E-state index is -4.52. The highest BCUT2D eigenvalue weighted by molar-refractivity contribution is 5.74. The van der Waals surface area contributed by atoms with Crippen molar-refractivity contribution in [1.29, 1.82) is 0 Å². The number of alkyl halides is 3. The van der Waals surface area contributed by atoms with Gasteiger partial charge in [-0.1, -0.05) is 48.5 Å². The summed E-state index contributed by atoms with van der Waals surface area (Å²) in [6, 6.07) is 23.4. The number of rotatable bonds is 11. The average molecular weight is 620 g/mol. The van der Waals surface area contributed by atoms with Gasteiger partial charge in [0.05, 0.1) is 31.3 Å². The lowest BCUT2D eigenvalue weighted by Gasteiger charge is -2.10. The monoisotopic (exact) mass is 619 g/mol. The minimum absolute atomic E-state index is 0.0814. The van der Waals surface area contributed by atoms with Gasteiger partial charge in [0.25, 0.3) is 0 Å². The zero-order chi connectivity index (χ0) is 32.1. The van der Waals surface area contributed by atoms with Gasteiger partial charge in [-0.2, -0.15) is 17.9 Å². The highest BCUT2D eigenvalue weighted by Crippen LogP contribution is 2.30. The fraction of sp³-hybridized carbons (Fsp3) is 0.206. The molecule has 232 valence electrons. The molecule has 0 fully saturated rings. The van der Waals surface area contributed by atoms with Gasteiger partial charge in [0, 0.05) is 17.5 Å². The quantitative estimate of drug-likeness (QED) is 0.166. The Morgan fingerprint density at radius 3 is 2.22 bits per heavy atom. The van der Waals surface area contributed by atoms with Crippen LogP contribution in [0.2, 0.25) is 0 Å². The largest absolute Gasteiger partial charge is 0.496 e. The van der Waals surface area contributed by atoms with Crippen molar-refractivity contribution < 1.29 is 32.2 Å². The molecule has 1 aromatic heterocycles. The number of carbonyl (C=O) groups is 1. The molecule has 11 heteroatoms. The second-order valence-corrected chi connectivity index (χ2v) is 10.5. The van der Waals surface area contributed by atoms with E-state index in [-0.39, 0.29) is 24.2 Å². The van der Waals surface area contributed by atoms with Crippen molar-refractivity contribution in [2.45, 2.75) is 38.4 Å². The van der Waals surface area contributed by atoms with Crippen LogP contribution >= 0.6 is 0 Å². The smallest absolute Gasteiger partial charge is 0.416 e. The average Bonchev–Trinajstić information content (AvgIpc) is 3.32. The van der Waals surface area contributed by atoms with Crippen molar-refractivity contribution in [1.82, 2.24) is 14.3 Å². The Kier molecular flexibility index (Phi) is 9.17. The molecular formula is C34H29F4N3O4. The lowest BCUT2D eigenvalue weighted by Crippen LogP contribution is -2.25. The number of aryl methyl sites for hydroxylation is 2. The van der Waals surface area contributed by atoms with E-state index in [4.69, 9.17) is 4.74 Å². The van der Waals surface area contributed by atoms with Crippen molar-refractivity contribution in [2.24, 2.45) is 0 Å². The van der Waals surface area contributed by atoms with Gasteiger partial charge < -0.3 is 9.84 Å². The molecule has 5 rings (SSSR count). The van der Waals surface area contributed by atoms with Crippen molar-refractivity contribution in [2.75, 3.05) is 7.11 Å². The molecule has 0 aliphatic heterocycles. The molecule has 0 amide bonds. The first-order chi connectivity index (χ1) is 21.5. The molecule has 7 nitrogen and oxygen atoms in total. The SMILES string of the molecule is COc1ccc(-c2ccc(CCCc3nn(-c4ccc(C(F)(F)F)cc4)c(=O)n3Cc3ccccc3F)cc2)cc1CC(=O)O. The standard InChI is InChI=1S/C34H29F4N3O4/c1-45-30-18-13-24(19-26(30)20-32(42)43)23-11-9-22(10-12-23)5-4-8-31-39-41(28-16-14-27(15-17-28)34(36,37)38)33(44)40(31)21-25-6-2-3-7-29(25)35/h2-3,6-7,9-19H,4-5,8,20-21H2,1H3,(H,42,43). The summed E-state index contributed by atoms with van der Waals surface area (Å²) in [7, 11) is 1.49. The number of aliphatic carboxylic acids is 1. The number of carboxylic acid groups (broad SMARTS) is 1. The van der Waals surface area contributed by atoms with Crippen LogP contribution in [-0.4, -0.2) is 32.5 Å². The van der Waals surface area contributed by atoms with E-state index in [0.717, 1.165) is 33.5 Å². The van der Waals surface area contributed by atoms with E-state index in [1.807, 2.05) is 30.3 Å². The summed E-state index contributed by atoms with van der Waals surface area (Å²) in [6.45, 7) is -0.0814. The number of halogens is 4. The van der Waals surface area contributed by atoms with Gasteiger partial charge in [-0.15, -0.1) is 5.10 Å². The first kappa shape index (κ1) is 31.2. The van der Waals surface area contributed by atoms with Crippen molar-refractivity contribution in [3.05, 3.63) is 135 Å². The number of methoxy groups -OCH3 is 1. The Labute approximate surface area is 256 Å². The highest BCUT2D eigenvalue weighted by atomic mass is 19.4. The third-order valence-corrected chi connectivity index (χ3v) is 7.44. The van der Waals surface area contributed by atoms with Crippen LogP contribution in [0.3, 0.4) is 0 Å². The normalized spacial score (nSPS) is 11.5. The summed E-state index contributed by atoms with van der Waals surface area (Å²) >= 11 is 0. The minimum Gasteiger partial charge on any atom is -0.496 e. The first-order valence-corrected chi connectivity index (χ1v) is 14.1. The lowest BCUT2D eigenvalue weighted by atomic mass is 9.98. The summed E-state index contributed by atoms with van der Waals surface area (Å²) < 4.78 is 61.4. The van der Waals surface area contributed by atoms with E-state index < -0.39 is 29.2 Å². The van der Waals surface area contributed by atoms with E-state index in [1.54, 1.807) is 30.3 Å². The number of hydrogen-bond donors (Lipinski definition) is 1. The predicted octanol–water partition coefficient (Wildman–Crippen LogP) is 6.72. The molecule has 0 aliphatic rings.